The summed E-state index contributed by atoms with van der Waals surface area (Å²) in [5, 5.41) is 7.91. The summed E-state index contributed by atoms with van der Waals surface area (Å²) in [6.07, 6.45) is 0. The Labute approximate surface area is 105 Å². The van der Waals surface area contributed by atoms with Crippen molar-refractivity contribution < 1.29 is 9.53 Å². The van der Waals surface area contributed by atoms with Crippen molar-refractivity contribution in [2.24, 2.45) is 0 Å². The Morgan fingerprint density at radius 1 is 1.33 bits per heavy atom. The van der Waals surface area contributed by atoms with Gasteiger partial charge in [-0.1, -0.05) is 35.5 Å². The van der Waals surface area contributed by atoms with E-state index in [1.165, 1.54) is 0 Å². The standard InChI is InChI=1S/C13H15N3O2/c1-3-18-13(17)12-10(2)14-15-16(12)9-11-7-5-4-6-8-11/h4-8H,3,9H2,1-2H3. The van der Waals surface area contributed by atoms with Crippen LogP contribution in [-0.2, 0) is 11.3 Å². The molecular formula is C13H15N3O2. The molecule has 1 aromatic carbocycles. The summed E-state index contributed by atoms with van der Waals surface area (Å²) in [5.74, 6) is -0.379. The molecule has 1 heterocycles. The molecule has 5 nitrogen and oxygen atoms in total. The van der Waals surface area contributed by atoms with Crippen LogP contribution in [0.1, 0.15) is 28.7 Å². The van der Waals surface area contributed by atoms with Gasteiger partial charge < -0.3 is 4.74 Å². The third-order valence-corrected chi connectivity index (χ3v) is 2.55. The first-order chi connectivity index (χ1) is 8.72. The molecule has 2 rings (SSSR count). The van der Waals surface area contributed by atoms with E-state index in [-0.39, 0.29) is 5.97 Å². The lowest BCUT2D eigenvalue weighted by atomic mass is 10.2. The average molecular weight is 245 g/mol. The SMILES string of the molecule is CCOC(=O)c1c(C)nnn1Cc1ccccc1. The molecule has 0 aliphatic carbocycles. The first kappa shape index (κ1) is 12.3. The van der Waals surface area contributed by atoms with Crippen LogP contribution in [0.2, 0.25) is 0 Å². The van der Waals surface area contributed by atoms with Gasteiger partial charge in [-0.3, -0.25) is 0 Å². The van der Waals surface area contributed by atoms with Gasteiger partial charge in [0.15, 0.2) is 5.69 Å². The predicted molar refractivity (Wildman–Crippen MR) is 66.3 cm³/mol. The molecule has 0 aliphatic heterocycles. The summed E-state index contributed by atoms with van der Waals surface area (Å²) < 4.78 is 6.58. The van der Waals surface area contributed by atoms with Crippen LogP contribution >= 0.6 is 0 Å². The van der Waals surface area contributed by atoms with Gasteiger partial charge in [-0.2, -0.15) is 0 Å². The Balaban J connectivity index is 2.26. The number of benzene rings is 1. The highest BCUT2D eigenvalue weighted by Crippen LogP contribution is 2.09. The van der Waals surface area contributed by atoms with Crippen LogP contribution in [0.4, 0.5) is 0 Å². The van der Waals surface area contributed by atoms with Crippen molar-refractivity contribution >= 4 is 5.97 Å². The topological polar surface area (TPSA) is 57.0 Å². The molecule has 0 aliphatic rings. The molecule has 18 heavy (non-hydrogen) atoms. The molecular weight excluding hydrogens is 230 g/mol. The average Bonchev–Trinajstić information content (AvgIpc) is 2.72. The minimum absolute atomic E-state index is 0.342. The fourth-order valence-electron chi connectivity index (χ4n) is 1.72. The second kappa shape index (κ2) is 5.44. The van der Waals surface area contributed by atoms with E-state index in [1.54, 1.807) is 18.5 Å². The van der Waals surface area contributed by atoms with E-state index < -0.39 is 0 Å². The molecule has 2 aromatic rings. The number of aromatic nitrogens is 3. The molecule has 0 saturated heterocycles. The summed E-state index contributed by atoms with van der Waals surface area (Å²) in [4.78, 5) is 11.8. The van der Waals surface area contributed by atoms with Crippen molar-refractivity contribution in [3.8, 4) is 0 Å². The molecule has 0 saturated carbocycles. The molecule has 0 bridgehead atoms. The van der Waals surface area contributed by atoms with Gasteiger partial charge in [0.1, 0.15) is 0 Å². The zero-order valence-electron chi connectivity index (χ0n) is 10.5. The first-order valence-electron chi connectivity index (χ1n) is 5.83. The van der Waals surface area contributed by atoms with Crippen LogP contribution in [0.15, 0.2) is 30.3 Å². The van der Waals surface area contributed by atoms with E-state index >= 15 is 0 Å². The summed E-state index contributed by atoms with van der Waals surface area (Å²) in [6.45, 7) is 4.38. The van der Waals surface area contributed by atoms with Crippen LogP contribution in [0.25, 0.3) is 0 Å². The Kier molecular flexibility index (Phi) is 3.72. The van der Waals surface area contributed by atoms with Gasteiger partial charge >= 0.3 is 5.97 Å². The smallest absolute Gasteiger partial charge is 0.358 e. The minimum Gasteiger partial charge on any atom is -0.461 e. The molecule has 0 spiro atoms. The van der Waals surface area contributed by atoms with Gasteiger partial charge in [0.05, 0.1) is 18.8 Å². The second-order valence-corrected chi connectivity index (χ2v) is 3.89. The Hall–Kier alpha value is -2.17. The van der Waals surface area contributed by atoms with Gasteiger partial charge in [-0.15, -0.1) is 5.10 Å². The molecule has 0 radical (unpaired) electrons. The van der Waals surface area contributed by atoms with Crippen LogP contribution in [0, 0.1) is 6.92 Å². The molecule has 0 N–H and O–H groups in total. The number of esters is 1. The lowest BCUT2D eigenvalue weighted by Gasteiger charge is -2.06. The van der Waals surface area contributed by atoms with Crippen LogP contribution in [0.3, 0.4) is 0 Å². The number of carbonyl (C=O) groups excluding carboxylic acids is 1. The van der Waals surface area contributed by atoms with Crippen molar-refractivity contribution in [2.45, 2.75) is 20.4 Å². The maximum Gasteiger partial charge on any atom is 0.358 e. The summed E-state index contributed by atoms with van der Waals surface area (Å²) in [7, 11) is 0. The highest BCUT2D eigenvalue weighted by atomic mass is 16.5. The summed E-state index contributed by atoms with van der Waals surface area (Å²) in [6, 6.07) is 9.80. The number of hydrogen-bond donors (Lipinski definition) is 0. The number of aryl methyl sites for hydroxylation is 1. The Morgan fingerprint density at radius 2 is 2.06 bits per heavy atom. The van der Waals surface area contributed by atoms with E-state index in [4.69, 9.17) is 4.74 Å². The monoisotopic (exact) mass is 245 g/mol. The zero-order chi connectivity index (χ0) is 13.0. The molecule has 0 unspecified atom stereocenters. The fourth-order valence-corrected chi connectivity index (χ4v) is 1.72. The van der Waals surface area contributed by atoms with Crippen LogP contribution < -0.4 is 0 Å². The minimum atomic E-state index is -0.379. The highest BCUT2D eigenvalue weighted by Gasteiger charge is 2.18. The highest BCUT2D eigenvalue weighted by molar-refractivity contribution is 5.88. The van der Waals surface area contributed by atoms with E-state index in [0.717, 1.165) is 5.56 Å². The molecule has 5 heteroatoms. The lowest BCUT2D eigenvalue weighted by Crippen LogP contribution is -2.15. The lowest BCUT2D eigenvalue weighted by molar-refractivity contribution is 0.0511. The van der Waals surface area contributed by atoms with Crippen molar-refractivity contribution in [1.82, 2.24) is 15.0 Å². The number of carbonyl (C=O) groups is 1. The number of rotatable bonds is 4. The number of ether oxygens (including phenoxy) is 1. The van der Waals surface area contributed by atoms with Gasteiger partial charge in [0.2, 0.25) is 0 Å². The Bertz CT molecular complexity index is 534. The summed E-state index contributed by atoms with van der Waals surface area (Å²) >= 11 is 0. The normalized spacial score (nSPS) is 10.3. The van der Waals surface area contributed by atoms with Crippen LogP contribution in [0.5, 0.6) is 0 Å². The third-order valence-electron chi connectivity index (χ3n) is 2.55. The first-order valence-corrected chi connectivity index (χ1v) is 5.83. The van der Waals surface area contributed by atoms with E-state index in [9.17, 15) is 4.79 Å². The summed E-state index contributed by atoms with van der Waals surface area (Å²) in [5.41, 5.74) is 2.07. The molecule has 0 atom stereocenters. The van der Waals surface area contributed by atoms with Crippen LogP contribution in [-0.4, -0.2) is 27.6 Å². The number of nitrogens with zero attached hydrogens (tertiary/aromatic N) is 3. The van der Waals surface area contributed by atoms with Gasteiger partial charge in [0.25, 0.3) is 0 Å². The van der Waals surface area contributed by atoms with Gasteiger partial charge in [-0.05, 0) is 19.4 Å². The van der Waals surface area contributed by atoms with E-state index in [2.05, 4.69) is 10.3 Å². The molecule has 1 aromatic heterocycles. The number of hydrogen-bond acceptors (Lipinski definition) is 4. The van der Waals surface area contributed by atoms with Gasteiger partial charge in [-0.25, -0.2) is 9.48 Å². The van der Waals surface area contributed by atoms with Crippen molar-refractivity contribution in [1.29, 1.82) is 0 Å². The Morgan fingerprint density at radius 3 is 2.72 bits per heavy atom. The second-order valence-electron chi connectivity index (χ2n) is 3.89. The fraction of sp³-hybridized carbons (Fsp3) is 0.308. The third kappa shape index (κ3) is 2.56. The zero-order valence-corrected chi connectivity index (χ0v) is 10.5. The quantitative estimate of drug-likeness (QED) is 0.771. The predicted octanol–water partition coefficient (Wildman–Crippen LogP) is 1.81. The maximum absolute atomic E-state index is 11.8. The van der Waals surface area contributed by atoms with Crippen molar-refractivity contribution in [2.75, 3.05) is 6.61 Å². The van der Waals surface area contributed by atoms with E-state index in [1.807, 2.05) is 30.3 Å². The largest absolute Gasteiger partial charge is 0.461 e. The van der Waals surface area contributed by atoms with Gasteiger partial charge in [0, 0.05) is 0 Å². The van der Waals surface area contributed by atoms with E-state index in [0.29, 0.717) is 24.5 Å². The molecule has 0 fully saturated rings. The maximum atomic E-state index is 11.8. The van der Waals surface area contributed by atoms with Crippen molar-refractivity contribution in [3.63, 3.8) is 0 Å². The van der Waals surface area contributed by atoms with Crippen molar-refractivity contribution in [3.05, 3.63) is 47.3 Å². The molecule has 0 amide bonds. The molecule has 94 valence electrons.